The summed E-state index contributed by atoms with van der Waals surface area (Å²) >= 11 is 1.01. The standard InChI is InChI=1S/C22H24N8O9S/c23-21-28-11(8-40-21)15(30-39-22(20(37)38)2-1-3-22)17(34)29-14-10(27-16(14)33)6-26-19(36)18(35)25-5-9-4-12(31)13(32)7-24-9/h4,7-8,10,14,32H,1-3,5-6H2,(H2,23,28)(H,24,31)(H,25,35)(H,26,36)(H,27,33)(H,29,34)(H,37,38). The molecule has 2 fully saturated rings. The van der Waals surface area contributed by atoms with E-state index >= 15 is 0 Å². The average Bonchev–Trinajstić information content (AvgIpc) is 3.32. The highest BCUT2D eigenvalue weighted by Crippen LogP contribution is 2.36. The molecule has 18 heteroatoms. The number of thiazole rings is 1. The molecule has 1 saturated heterocycles. The lowest BCUT2D eigenvalue weighted by molar-refractivity contribution is -0.178. The number of carbonyl (C=O) groups excluding carboxylic acids is 4. The van der Waals surface area contributed by atoms with Gasteiger partial charge >= 0.3 is 17.8 Å². The van der Waals surface area contributed by atoms with Crippen molar-refractivity contribution >= 4 is 51.8 Å². The van der Waals surface area contributed by atoms with Crippen LogP contribution in [-0.2, 0) is 35.4 Å². The Morgan fingerprint density at radius 3 is 2.50 bits per heavy atom. The van der Waals surface area contributed by atoms with Gasteiger partial charge in [-0.15, -0.1) is 11.3 Å². The third kappa shape index (κ3) is 6.01. The van der Waals surface area contributed by atoms with E-state index in [9.17, 15) is 39.0 Å². The summed E-state index contributed by atoms with van der Waals surface area (Å²) in [5.74, 6) is -5.28. The largest absolute Gasteiger partial charge is 0.503 e. The molecule has 4 rings (SSSR count). The molecule has 2 aromatic heterocycles. The second kappa shape index (κ2) is 11.4. The minimum absolute atomic E-state index is 0.0103. The minimum atomic E-state index is -1.56. The lowest BCUT2D eigenvalue weighted by Crippen LogP contribution is -2.72. The molecule has 3 heterocycles. The number of anilines is 1. The smallest absolute Gasteiger partial charge is 0.350 e. The first-order valence-corrected chi connectivity index (χ1v) is 12.7. The quantitative estimate of drug-likeness (QED) is 0.0622. The Morgan fingerprint density at radius 1 is 1.20 bits per heavy atom. The molecule has 0 aromatic carbocycles. The monoisotopic (exact) mass is 576 g/mol. The van der Waals surface area contributed by atoms with E-state index < -0.39 is 64.2 Å². The molecule has 1 aliphatic heterocycles. The molecule has 0 radical (unpaired) electrons. The zero-order valence-electron chi connectivity index (χ0n) is 20.6. The molecular weight excluding hydrogens is 552 g/mol. The molecule has 9 N–H and O–H groups in total. The second-order valence-electron chi connectivity index (χ2n) is 8.92. The van der Waals surface area contributed by atoms with Crippen LogP contribution in [0.2, 0.25) is 0 Å². The van der Waals surface area contributed by atoms with Gasteiger partial charge in [-0.25, -0.2) is 9.78 Å². The number of carbonyl (C=O) groups is 5. The van der Waals surface area contributed by atoms with Gasteiger partial charge in [-0.05, 0) is 6.42 Å². The molecule has 4 amide bonds. The van der Waals surface area contributed by atoms with Crippen LogP contribution in [0.5, 0.6) is 5.75 Å². The van der Waals surface area contributed by atoms with Crippen LogP contribution in [0.1, 0.15) is 30.7 Å². The van der Waals surface area contributed by atoms with Gasteiger partial charge in [-0.1, -0.05) is 5.16 Å². The predicted octanol–water partition coefficient (Wildman–Crippen LogP) is -2.74. The Morgan fingerprint density at radius 2 is 1.93 bits per heavy atom. The number of aromatic amines is 1. The van der Waals surface area contributed by atoms with Gasteiger partial charge in [-0.2, -0.15) is 0 Å². The average molecular weight is 577 g/mol. The number of H-pyrrole nitrogens is 1. The number of β-lactam (4-membered cyclic amide) rings is 1. The fourth-order valence-corrected chi connectivity index (χ4v) is 4.26. The summed E-state index contributed by atoms with van der Waals surface area (Å²) in [7, 11) is 0. The van der Waals surface area contributed by atoms with Gasteiger partial charge in [0, 0.05) is 42.7 Å². The number of nitrogens with one attached hydrogen (secondary N) is 5. The van der Waals surface area contributed by atoms with E-state index in [4.69, 9.17) is 10.6 Å². The predicted molar refractivity (Wildman–Crippen MR) is 136 cm³/mol. The van der Waals surface area contributed by atoms with E-state index in [2.05, 4.69) is 36.4 Å². The van der Waals surface area contributed by atoms with Gasteiger partial charge in [0.05, 0.1) is 12.6 Å². The summed E-state index contributed by atoms with van der Waals surface area (Å²) in [4.78, 5) is 84.3. The number of carboxylic acids is 1. The van der Waals surface area contributed by atoms with E-state index in [0.29, 0.717) is 6.42 Å². The van der Waals surface area contributed by atoms with Crippen LogP contribution in [0.25, 0.3) is 0 Å². The Balaban J connectivity index is 1.34. The maximum atomic E-state index is 13.0. The Labute approximate surface area is 228 Å². The van der Waals surface area contributed by atoms with Crippen LogP contribution in [-0.4, -0.2) is 79.7 Å². The van der Waals surface area contributed by atoms with Gasteiger partial charge < -0.3 is 47.0 Å². The van der Waals surface area contributed by atoms with Crippen molar-refractivity contribution in [2.45, 2.75) is 43.5 Å². The van der Waals surface area contributed by atoms with Crippen molar-refractivity contribution in [1.82, 2.24) is 31.2 Å². The van der Waals surface area contributed by atoms with Gasteiger partial charge in [0.2, 0.25) is 16.9 Å². The Bertz CT molecular complexity index is 1450. The molecule has 2 aromatic rings. The van der Waals surface area contributed by atoms with Gasteiger partial charge in [0.25, 0.3) is 5.91 Å². The lowest BCUT2D eigenvalue weighted by atomic mass is 9.80. The number of aromatic nitrogens is 2. The van der Waals surface area contributed by atoms with E-state index in [1.807, 2.05) is 0 Å². The SMILES string of the molecule is Nc1nc(C(=NOC2(C(=O)O)CCC2)C(=O)NC2C(=O)NC2CNC(=O)C(=O)NCc2cc(=O)c(O)c[nH]2)cs1. The van der Waals surface area contributed by atoms with Crippen LogP contribution in [0.15, 0.2) is 27.6 Å². The molecular formula is C22H24N8O9S. The molecule has 40 heavy (non-hydrogen) atoms. The third-order valence-electron chi connectivity index (χ3n) is 6.22. The Kier molecular flexibility index (Phi) is 7.98. The molecule has 0 bridgehead atoms. The van der Waals surface area contributed by atoms with Gasteiger partial charge in [0.1, 0.15) is 11.7 Å². The molecule has 2 aliphatic rings. The molecule has 212 valence electrons. The number of aromatic hydroxyl groups is 1. The normalized spacial score (nSPS) is 19.3. The lowest BCUT2D eigenvalue weighted by Gasteiger charge is -2.37. The number of carboxylic acid groups (broad SMARTS) is 1. The molecule has 1 saturated carbocycles. The van der Waals surface area contributed by atoms with Crippen molar-refractivity contribution < 1.29 is 39.0 Å². The van der Waals surface area contributed by atoms with Crippen LogP contribution in [0.4, 0.5) is 5.13 Å². The van der Waals surface area contributed by atoms with Gasteiger partial charge in [-0.3, -0.25) is 24.0 Å². The maximum absolute atomic E-state index is 13.0. The van der Waals surface area contributed by atoms with E-state index in [1.165, 1.54) is 5.38 Å². The number of nitrogens with zero attached hydrogens (tertiary/aromatic N) is 2. The highest BCUT2D eigenvalue weighted by Gasteiger charge is 2.48. The second-order valence-corrected chi connectivity index (χ2v) is 9.81. The van der Waals surface area contributed by atoms with E-state index in [1.54, 1.807) is 0 Å². The summed E-state index contributed by atoms with van der Waals surface area (Å²) in [5, 5.41) is 33.5. The molecule has 1 aliphatic carbocycles. The summed E-state index contributed by atoms with van der Waals surface area (Å²) in [6.45, 7) is -0.428. The van der Waals surface area contributed by atoms with Crippen molar-refractivity contribution in [3.05, 3.63) is 39.3 Å². The number of hydrogen-bond donors (Lipinski definition) is 8. The molecule has 0 spiro atoms. The van der Waals surface area contributed by atoms with Crippen LogP contribution in [0.3, 0.4) is 0 Å². The molecule has 2 atom stereocenters. The third-order valence-corrected chi connectivity index (χ3v) is 6.90. The number of oxime groups is 1. The molecule has 17 nitrogen and oxygen atoms in total. The topological polar surface area (TPSA) is 267 Å². The zero-order chi connectivity index (χ0) is 29.0. The fourth-order valence-electron chi connectivity index (χ4n) is 3.71. The number of rotatable bonds is 10. The first-order valence-electron chi connectivity index (χ1n) is 11.8. The fraction of sp³-hybridized carbons (Fsp3) is 0.364. The Hall–Kier alpha value is -5.00. The van der Waals surface area contributed by atoms with E-state index in [0.717, 1.165) is 23.6 Å². The number of pyridine rings is 1. The van der Waals surface area contributed by atoms with Gasteiger partial charge in [0.15, 0.2) is 16.6 Å². The van der Waals surface area contributed by atoms with Crippen LogP contribution in [0, 0.1) is 0 Å². The maximum Gasteiger partial charge on any atom is 0.350 e. The van der Waals surface area contributed by atoms with E-state index in [-0.39, 0.29) is 42.5 Å². The number of amides is 4. The first-order chi connectivity index (χ1) is 19.0. The summed E-state index contributed by atoms with van der Waals surface area (Å²) in [6.07, 6.45) is 2.05. The van der Waals surface area contributed by atoms with Crippen LogP contribution >= 0.6 is 11.3 Å². The summed E-state index contributed by atoms with van der Waals surface area (Å²) < 4.78 is 0. The first kappa shape index (κ1) is 28.0. The van der Waals surface area contributed by atoms with Crippen molar-refractivity contribution in [1.29, 1.82) is 0 Å². The van der Waals surface area contributed by atoms with Crippen molar-refractivity contribution in [3.8, 4) is 5.75 Å². The number of hydrogen-bond acceptors (Lipinski definition) is 12. The van der Waals surface area contributed by atoms with Crippen molar-refractivity contribution in [2.24, 2.45) is 5.16 Å². The minimum Gasteiger partial charge on any atom is -0.503 e. The van der Waals surface area contributed by atoms with Crippen molar-refractivity contribution in [3.63, 3.8) is 0 Å². The number of nitrogens with two attached hydrogens (primary N) is 1. The van der Waals surface area contributed by atoms with Crippen molar-refractivity contribution in [2.75, 3.05) is 12.3 Å². The zero-order valence-corrected chi connectivity index (χ0v) is 21.4. The van der Waals surface area contributed by atoms with Crippen LogP contribution < -0.4 is 32.4 Å². The highest BCUT2D eigenvalue weighted by atomic mass is 32.1. The number of aliphatic carboxylic acids is 1. The number of nitrogen functional groups attached to an aromatic ring is 1. The summed E-state index contributed by atoms with van der Waals surface area (Å²) in [6, 6.07) is -0.862. The highest BCUT2D eigenvalue weighted by molar-refractivity contribution is 7.13. The molecule has 2 unspecified atom stereocenters. The summed E-state index contributed by atoms with van der Waals surface area (Å²) in [5.41, 5.74) is 3.28.